The summed E-state index contributed by atoms with van der Waals surface area (Å²) in [6, 6.07) is 0. The average Bonchev–Trinajstić information content (AvgIpc) is 1.12. The SMILES string of the molecule is O=P([O-])(O)O.O=P([O-])([O-])[O-].[Mn+4]. The average molecular weight is 247 g/mol. The predicted molar refractivity (Wildman–Crippen MR) is 19.7 cm³/mol. The molecule has 11 heteroatoms. The third-order valence-corrected chi connectivity index (χ3v) is 0. The molecular formula is H2MnO8P2. The first-order valence-corrected chi connectivity index (χ1v) is 4.49. The van der Waals surface area contributed by atoms with Crippen LogP contribution in [0.4, 0.5) is 0 Å². The maximum Gasteiger partial charge on any atom is 4.00 e. The molecule has 2 N–H and O–H groups in total. The van der Waals surface area contributed by atoms with Crippen molar-refractivity contribution in [3.05, 3.63) is 0 Å². The van der Waals surface area contributed by atoms with Crippen molar-refractivity contribution in [2.24, 2.45) is 0 Å². The van der Waals surface area contributed by atoms with E-state index in [1.54, 1.807) is 0 Å². The summed E-state index contributed by atoms with van der Waals surface area (Å²) >= 11 is 0. The molecule has 11 heavy (non-hydrogen) atoms. The Bertz CT molecular complexity index is 124. The number of phosphoric acid groups is 2. The van der Waals surface area contributed by atoms with Crippen molar-refractivity contribution < 1.29 is 55.6 Å². The first-order chi connectivity index (χ1) is 4.00. The normalized spacial score (nSPS) is 10.7. The Labute approximate surface area is 71.8 Å². The minimum Gasteiger partial charge on any atom is -0.822 e. The Morgan fingerprint density at radius 1 is 0.909 bits per heavy atom. The van der Waals surface area contributed by atoms with Gasteiger partial charge in [-0.3, -0.25) is 4.57 Å². The molecule has 0 aliphatic rings. The molecule has 0 aliphatic heterocycles. The molecule has 0 aromatic rings. The van der Waals surface area contributed by atoms with Crippen molar-refractivity contribution in [2.45, 2.75) is 0 Å². The molecule has 1 radical (unpaired) electrons. The molecular weight excluding hydrogens is 245 g/mol. The quantitative estimate of drug-likeness (QED) is 0.319. The maximum absolute atomic E-state index is 8.77. The van der Waals surface area contributed by atoms with Gasteiger partial charge in [-0.1, -0.05) is 0 Å². The summed E-state index contributed by atoms with van der Waals surface area (Å²) in [6.45, 7) is 0. The van der Waals surface area contributed by atoms with Crippen molar-refractivity contribution in [1.29, 1.82) is 0 Å². The fourth-order valence-corrected chi connectivity index (χ4v) is 0. The van der Waals surface area contributed by atoms with E-state index in [2.05, 4.69) is 0 Å². The number of hydrogen-bond acceptors (Lipinski definition) is 6. The fourth-order valence-electron chi connectivity index (χ4n) is 0. The van der Waals surface area contributed by atoms with Crippen LogP contribution in [0.25, 0.3) is 0 Å². The van der Waals surface area contributed by atoms with Gasteiger partial charge in [0.15, 0.2) is 0 Å². The monoisotopic (exact) mass is 247 g/mol. The number of rotatable bonds is 0. The van der Waals surface area contributed by atoms with Crippen LogP contribution < -0.4 is 19.6 Å². The van der Waals surface area contributed by atoms with E-state index in [9.17, 15) is 0 Å². The third-order valence-electron chi connectivity index (χ3n) is 0. The Morgan fingerprint density at radius 3 is 0.909 bits per heavy atom. The van der Waals surface area contributed by atoms with Crippen LogP contribution in [-0.2, 0) is 26.2 Å². The molecule has 0 spiro atoms. The van der Waals surface area contributed by atoms with Crippen molar-refractivity contribution >= 4 is 15.6 Å². The molecule has 0 atom stereocenters. The Morgan fingerprint density at radius 2 is 0.909 bits per heavy atom. The van der Waals surface area contributed by atoms with Crippen LogP contribution in [0.15, 0.2) is 0 Å². The van der Waals surface area contributed by atoms with E-state index in [1.807, 2.05) is 0 Å². The summed E-state index contributed by atoms with van der Waals surface area (Å²) in [7, 11) is -10.3. The van der Waals surface area contributed by atoms with E-state index in [0.717, 1.165) is 0 Å². The molecule has 0 aromatic carbocycles. The van der Waals surface area contributed by atoms with Gasteiger partial charge in [-0.05, 0) is 0 Å². The van der Waals surface area contributed by atoms with E-state index in [0.29, 0.717) is 0 Å². The van der Waals surface area contributed by atoms with Gasteiger partial charge in [0, 0.05) is 0 Å². The van der Waals surface area contributed by atoms with Crippen molar-refractivity contribution in [3.63, 3.8) is 0 Å². The van der Waals surface area contributed by atoms with Gasteiger partial charge in [-0.25, -0.2) is 0 Å². The van der Waals surface area contributed by atoms with Gasteiger partial charge in [0.2, 0.25) is 0 Å². The van der Waals surface area contributed by atoms with Crippen LogP contribution in [0.1, 0.15) is 0 Å². The molecule has 0 rings (SSSR count). The summed E-state index contributed by atoms with van der Waals surface area (Å²) in [6.07, 6.45) is 0. The molecule has 0 saturated carbocycles. The molecule has 0 aliphatic carbocycles. The van der Waals surface area contributed by atoms with Crippen LogP contribution in [0, 0.1) is 0 Å². The van der Waals surface area contributed by atoms with Crippen LogP contribution >= 0.6 is 15.6 Å². The smallest absolute Gasteiger partial charge is 0.822 e. The summed E-state index contributed by atoms with van der Waals surface area (Å²) in [5.41, 5.74) is 0. The second-order valence-electron chi connectivity index (χ2n) is 0.938. The van der Waals surface area contributed by atoms with E-state index in [1.165, 1.54) is 0 Å². The standard InChI is InChI=1S/Mn.2H3O4P/c;2*1-5(2,3)4/h;2*(H3,1,2,3,4)/q+4;;/p-4. The fraction of sp³-hybridized carbons (Fsp3) is 0. The van der Waals surface area contributed by atoms with Crippen LogP contribution in [0.3, 0.4) is 0 Å². The van der Waals surface area contributed by atoms with Gasteiger partial charge in [0.05, 0.1) is 0 Å². The van der Waals surface area contributed by atoms with E-state index in [4.69, 9.17) is 38.5 Å². The topological polar surface area (TPSA) is 167 Å². The maximum atomic E-state index is 8.77. The van der Waals surface area contributed by atoms with Gasteiger partial charge >= 0.3 is 17.1 Å². The van der Waals surface area contributed by atoms with Gasteiger partial charge in [0.1, 0.15) is 0 Å². The predicted octanol–water partition coefficient (Wildman–Crippen LogP) is -4.39. The van der Waals surface area contributed by atoms with E-state index < -0.39 is 15.6 Å². The zero-order valence-corrected chi connectivity index (χ0v) is 7.59. The Balaban J connectivity index is -0.000000107. The molecule has 67 valence electrons. The molecule has 8 nitrogen and oxygen atoms in total. The van der Waals surface area contributed by atoms with Crippen molar-refractivity contribution in [2.75, 3.05) is 0 Å². The van der Waals surface area contributed by atoms with Crippen LogP contribution in [0.5, 0.6) is 0 Å². The van der Waals surface area contributed by atoms with Gasteiger partial charge in [-0.2, -0.15) is 7.82 Å². The van der Waals surface area contributed by atoms with Crippen LogP contribution in [-0.4, -0.2) is 9.79 Å². The molecule has 0 aromatic heterocycles. The first kappa shape index (κ1) is 17.7. The Hall–Kier alpha value is 0.739. The second-order valence-corrected chi connectivity index (χ2v) is 2.81. The summed E-state index contributed by atoms with van der Waals surface area (Å²) in [4.78, 5) is 48.6. The minimum absolute atomic E-state index is 0. The van der Waals surface area contributed by atoms with Crippen molar-refractivity contribution in [3.8, 4) is 0 Å². The molecule has 0 amide bonds. The largest absolute Gasteiger partial charge is 4.00 e. The summed E-state index contributed by atoms with van der Waals surface area (Å²) in [5, 5.41) is 0. The van der Waals surface area contributed by atoms with Gasteiger partial charge in [-0.15, -0.1) is 0 Å². The zero-order chi connectivity index (χ0) is 9.00. The molecule has 0 bridgehead atoms. The molecule has 0 fully saturated rings. The molecule has 0 unspecified atom stereocenters. The minimum atomic E-state index is -5.39. The van der Waals surface area contributed by atoms with Gasteiger partial charge < -0.3 is 33.9 Å². The first-order valence-electron chi connectivity index (χ1n) is 1.50. The van der Waals surface area contributed by atoms with E-state index in [-0.39, 0.29) is 17.1 Å². The number of hydrogen-bond donors (Lipinski definition) is 2. The third kappa shape index (κ3) is 1500. The molecule has 0 saturated heterocycles. The summed E-state index contributed by atoms with van der Waals surface area (Å²) in [5.74, 6) is 0. The van der Waals surface area contributed by atoms with Crippen molar-refractivity contribution in [1.82, 2.24) is 0 Å². The summed E-state index contributed by atoms with van der Waals surface area (Å²) < 4.78 is 17.3. The Kier molecular flexibility index (Phi) is 10.1. The van der Waals surface area contributed by atoms with Gasteiger partial charge in [0.25, 0.3) is 7.82 Å². The van der Waals surface area contributed by atoms with E-state index >= 15 is 0 Å². The van der Waals surface area contributed by atoms with Crippen LogP contribution in [0.2, 0.25) is 0 Å². The zero-order valence-electron chi connectivity index (χ0n) is 4.62. The molecule has 0 heterocycles. The second kappa shape index (κ2) is 6.28.